The van der Waals surface area contributed by atoms with Gasteiger partial charge >= 0.3 is 0 Å². The molecule has 5 aromatic carbocycles. The molecule has 0 radical (unpaired) electrons. The summed E-state index contributed by atoms with van der Waals surface area (Å²) in [5, 5.41) is 18.7. The number of ether oxygens (including phenoxy) is 2. The van der Waals surface area contributed by atoms with Crippen LogP contribution in [-0.2, 0) is 13.0 Å². The second-order valence-electron chi connectivity index (χ2n) is 11.1. The Labute approximate surface area is 268 Å². The number of pyridine rings is 1. The first-order valence-electron chi connectivity index (χ1n) is 15.4. The number of aromatic amines is 1. The van der Waals surface area contributed by atoms with E-state index in [1.165, 1.54) is 11.6 Å². The summed E-state index contributed by atoms with van der Waals surface area (Å²) in [5.41, 5.74) is 7.43. The van der Waals surface area contributed by atoms with E-state index < -0.39 is 6.10 Å². The van der Waals surface area contributed by atoms with Crippen molar-refractivity contribution in [2.45, 2.75) is 19.1 Å². The Morgan fingerprint density at radius 1 is 0.761 bits per heavy atom. The molecule has 1 heterocycles. The summed E-state index contributed by atoms with van der Waals surface area (Å²) in [6.45, 7) is 1.46. The highest BCUT2D eigenvalue weighted by atomic mass is 16.5. The normalized spacial score (nSPS) is 11.7. The zero-order chi connectivity index (χ0) is 31.7. The number of aliphatic hydroxyl groups is 1. The first kappa shape index (κ1) is 30.6. The fraction of sp³-hybridized carbons (Fsp3) is 0.154. The van der Waals surface area contributed by atoms with Gasteiger partial charge in [-0.2, -0.15) is 0 Å². The van der Waals surface area contributed by atoms with Gasteiger partial charge in [0.15, 0.2) is 0 Å². The molecular weight excluding hydrogens is 574 g/mol. The topological polar surface area (TPSA) is 95.6 Å². The number of rotatable bonds is 13. The number of benzene rings is 5. The molecule has 1 aromatic heterocycles. The first-order chi connectivity index (χ1) is 22.6. The van der Waals surface area contributed by atoms with Crippen molar-refractivity contribution >= 4 is 22.3 Å². The lowest BCUT2D eigenvalue weighted by molar-refractivity contribution is 0.176. The number of nitrogens with one attached hydrogen (secondary N) is 3. The molecule has 0 aliphatic carbocycles. The van der Waals surface area contributed by atoms with Crippen molar-refractivity contribution in [3.8, 4) is 22.6 Å². The van der Waals surface area contributed by atoms with Gasteiger partial charge in [0.05, 0.1) is 18.7 Å². The van der Waals surface area contributed by atoms with Gasteiger partial charge in [0.2, 0.25) is 5.56 Å². The summed E-state index contributed by atoms with van der Waals surface area (Å²) < 4.78 is 11.6. The lowest BCUT2D eigenvalue weighted by atomic mass is 10.0. The standard InChI is InChI=1S/C39H37N3O4/c1-45-36-19-16-31(24-34(36)29-10-6-3-7-11-29)41-30-14-12-27(13-15-30)22-23-40-25-35(43)32-17-20-37(39-33(32)18-21-38(44)42-39)46-26-28-8-4-2-5-9-28/h2-21,24,35,40-41,43H,22-23,25-26H2,1H3,(H,42,44)/t35-/m0/s1. The monoisotopic (exact) mass is 611 g/mol. The Balaban J connectivity index is 1.04. The molecule has 1 atom stereocenters. The molecule has 4 N–H and O–H groups in total. The fourth-order valence-corrected chi connectivity index (χ4v) is 5.53. The first-order valence-corrected chi connectivity index (χ1v) is 15.4. The molecule has 0 fully saturated rings. The van der Waals surface area contributed by atoms with E-state index in [4.69, 9.17) is 9.47 Å². The molecule has 0 amide bonds. The number of anilines is 2. The number of H-pyrrole nitrogens is 1. The van der Waals surface area contributed by atoms with E-state index in [1.54, 1.807) is 13.2 Å². The third-order valence-corrected chi connectivity index (χ3v) is 7.94. The van der Waals surface area contributed by atoms with Gasteiger partial charge in [0.25, 0.3) is 0 Å². The van der Waals surface area contributed by atoms with Crippen LogP contribution < -0.4 is 25.7 Å². The second-order valence-corrected chi connectivity index (χ2v) is 11.1. The van der Waals surface area contributed by atoms with Gasteiger partial charge in [0.1, 0.15) is 18.1 Å². The van der Waals surface area contributed by atoms with Gasteiger partial charge in [-0.25, -0.2) is 0 Å². The molecule has 0 spiro atoms. The Morgan fingerprint density at radius 3 is 2.24 bits per heavy atom. The Morgan fingerprint density at radius 2 is 1.48 bits per heavy atom. The summed E-state index contributed by atoms with van der Waals surface area (Å²) in [6, 6.07) is 41.4. The summed E-state index contributed by atoms with van der Waals surface area (Å²) in [5.74, 6) is 1.40. The van der Waals surface area contributed by atoms with Gasteiger partial charge < -0.3 is 30.2 Å². The van der Waals surface area contributed by atoms with Crippen LogP contribution in [0.2, 0.25) is 0 Å². The van der Waals surface area contributed by atoms with E-state index in [2.05, 4.69) is 58.1 Å². The summed E-state index contributed by atoms with van der Waals surface area (Å²) in [6.07, 6.45) is 0.0574. The molecule has 0 saturated carbocycles. The number of fused-ring (bicyclic) bond motifs is 1. The molecule has 0 saturated heterocycles. The number of hydrogen-bond acceptors (Lipinski definition) is 6. The zero-order valence-electron chi connectivity index (χ0n) is 25.7. The SMILES string of the molecule is COc1ccc(Nc2ccc(CCNC[C@H](O)c3ccc(OCc4ccccc4)c4[nH]c(=O)ccc34)cc2)cc1-c1ccccc1. The lowest BCUT2D eigenvalue weighted by Gasteiger charge is -2.17. The van der Waals surface area contributed by atoms with Crippen LogP contribution in [0.4, 0.5) is 11.4 Å². The van der Waals surface area contributed by atoms with Crippen molar-refractivity contribution in [2.75, 3.05) is 25.5 Å². The van der Waals surface area contributed by atoms with E-state index in [0.717, 1.165) is 51.2 Å². The van der Waals surface area contributed by atoms with Crippen molar-refractivity contribution in [1.82, 2.24) is 10.3 Å². The zero-order valence-corrected chi connectivity index (χ0v) is 25.7. The number of hydrogen-bond donors (Lipinski definition) is 4. The summed E-state index contributed by atoms with van der Waals surface area (Å²) in [7, 11) is 1.69. The van der Waals surface area contributed by atoms with Crippen molar-refractivity contribution in [1.29, 1.82) is 0 Å². The quantitative estimate of drug-likeness (QED) is 0.102. The Bertz CT molecular complexity index is 1940. The molecular formula is C39H37N3O4. The van der Waals surface area contributed by atoms with E-state index in [0.29, 0.717) is 31.0 Å². The van der Waals surface area contributed by atoms with E-state index >= 15 is 0 Å². The van der Waals surface area contributed by atoms with Crippen LogP contribution in [0.1, 0.15) is 22.8 Å². The molecule has 0 aliphatic rings. The highest BCUT2D eigenvalue weighted by Crippen LogP contribution is 2.34. The van der Waals surface area contributed by atoms with Crippen molar-refractivity contribution in [3.63, 3.8) is 0 Å². The van der Waals surface area contributed by atoms with Crippen LogP contribution in [0.25, 0.3) is 22.0 Å². The average Bonchev–Trinajstić information content (AvgIpc) is 3.10. The van der Waals surface area contributed by atoms with Gasteiger partial charge in [-0.3, -0.25) is 4.79 Å². The number of aliphatic hydroxyl groups excluding tert-OH is 1. The number of aromatic nitrogens is 1. The van der Waals surface area contributed by atoms with E-state index in [9.17, 15) is 9.90 Å². The van der Waals surface area contributed by atoms with Crippen LogP contribution in [0.3, 0.4) is 0 Å². The third kappa shape index (κ3) is 7.46. The summed E-state index contributed by atoms with van der Waals surface area (Å²) in [4.78, 5) is 15.0. The van der Waals surface area contributed by atoms with E-state index in [1.807, 2.05) is 72.8 Å². The Kier molecular flexibility index (Phi) is 9.73. The van der Waals surface area contributed by atoms with E-state index in [-0.39, 0.29) is 5.56 Å². The molecule has 46 heavy (non-hydrogen) atoms. The largest absolute Gasteiger partial charge is 0.496 e. The maximum absolute atomic E-state index is 12.1. The number of methoxy groups -OCH3 is 1. The molecule has 0 unspecified atom stereocenters. The second kappa shape index (κ2) is 14.6. The third-order valence-electron chi connectivity index (χ3n) is 7.94. The summed E-state index contributed by atoms with van der Waals surface area (Å²) >= 11 is 0. The minimum absolute atomic E-state index is 0.219. The molecule has 232 valence electrons. The van der Waals surface area contributed by atoms with Crippen LogP contribution in [0.15, 0.2) is 132 Å². The van der Waals surface area contributed by atoms with Gasteiger partial charge in [0, 0.05) is 34.9 Å². The highest BCUT2D eigenvalue weighted by Gasteiger charge is 2.15. The predicted octanol–water partition coefficient (Wildman–Crippen LogP) is 7.39. The van der Waals surface area contributed by atoms with Crippen LogP contribution in [0.5, 0.6) is 11.5 Å². The van der Waals surface area contributed by atoms with Crippen LogP contribution in [-0.4, -0.2) is 30.3 Å². The van der Waals surface area contributed by atoms with Crippen LogP contribution in [0, 0.1) is 0 Å². The average molecular weight is 612 g/mol. The molecule has 6 aromatic rings. The smallest absolute Gasteiger partial charge is 0.248 e. The molecule has 7 heteroatoms. The van der Waals surface area contributed by atoms with Crippen LogP contribution >= 0.6 is 0 Å². The van der Waals surface area contributed by atoms with Crippen molar-refractivity contribution < 1.29 is 14.6 Å². The molecule has 7 nitrogen and oxygen atoms in total. The minimum Gasteiger partial charge on any atom is -0.496 e. The van der Waals surface area contributed by atoms with Gasteiger partial charge in [-0.15, -0.1) is 0 Å². The minimum atomic E-state index is -0.756. The predicted molar refractivity (Wildman–Crippen MR) is 185 cm³/mol. The maximum Gasteiger partial charge on any atom is 0.248 e. The molecule has 0 bridgehead atoms. The van der Waals surface area contributed by atoms with Gasteiger partial charge in [-0.1, -0.05) is 78.9 Å². The fourth-order valence-electron chi connectivity index (χ4n) is 5.53. The van der Waals surface area contributed by atoms with Crippen molar-refractivity contribution in [3.05, 3.63) is 154 Å². The van der Waals surface area contributed by atoms with Gasteiger partial charge in [-0.05, 0) is 77.7 Å². The molecule has 0 aliphatic heterocycles. The van der Waals surface area contributed by atoms with Crippen molar-refractivity contribution in [2.24, 2.45) is 0 Å². The molecule has 6 rings (SSSR count). The Hall–Kier alpha value is -5.37. The maximum atomic E-state index is 12.1. The lowest BCUT2D eigenvalue weighted by Crippen LogP contribution is -2.24. The highest BCUT2D eigenvalue weighted by molar-refractivity contribution is 5.87.